The van der Waals surface area contributed by atoms with E-state index in [0.29, 0.717) is 43.6 Å². The largest absolute Gasteiger partial charge is 0.477 e. The van der Waals surface area contributed by atoms with E-state index in [4.69, 9.17) is 49.5 Å². The van der Waals surface area contributed by atoms with Crippen molar-refractivity contribution in [3.63, 3.8) is 0 Å². The Kier molecular flexibility index (Phi) is 27.3. The first-order chi connectivity index (χ1) is 32.6. The van der Waals surface area contributed by atoms with Crippen LogP contribution in [0.2, 0.25) is 5.02 Å². The first-order valence-electron chi connectivity index (χ1n) is 22.0. The van der Waals surface area contributed by atoms with E-state index >= 15 is 0 Å². The summed E-state index contributed by atoms with van der Waals surface area (Å²) in [5, 5.41) is 53.6. The number of carbonyl (C=O) groups is 7. The maximum Gasteiger partial charge on any atom is 0.364 e. The summed E-state index contributed by atoms with van der Waals surface area (Å²) in [5.41, 5.74) is 0.639. The summed E-state index contributed by atoms with van der Waals surface area (Å²) in [5.74, 6) is -6.66. The number of halogens is 1. The Bertz CT molecular complexity index is 1760. The van der Waals surface area contributed by atoms with Crippen LogP contribution in [-0.2, 0) is 77.9 Å². The van der Waals surface area contributed by atoms with Gasteiger partial charge >= 0.3 is 5.97 Å². The molecule has 0 aliphatic carbocycles. The van der Waals surface area contributed by atoms with Crippen molar-refractivity contribution in [3.05, 3.63) is 47.0 Å². The number of aliphatic carboxylic acids is 1. The molecular weight excluding hydrogens is 926 g/mol. The molecule has 8 N–H and O–H groups in total. The smallest absolute Gasteiger partial charge is 0.364 e. The maximum atomic E-state index is 12.5. The number of aliphatic hydroxyl groups excluding tert-OH is 3. The summed E-state index contributed by atoms with van der Waals surface area (Å²) < 4.78 is 43.8. The van der Waals surface area contributed by atoms with Crippen molar-refractivity contribution in [2.75, 3.05) is 112 Å². The highest BCUT2D eigenvalue weighted by Crippen LogP contribution is 2.33. The number of amides is 6. The molecular formula is C43H64ClN5O19. The molecule has 25 heteroatoms. The topological polar surface area (TPSA) is 326 Å². The number of hydrogen-bond donors (Lipinski definition) is 8. The predicted molar refractivity (Wildman–Crippen MR) is 236 cm³/mol. The van der Waals surface area contributed by atoms with E-state index in [1.54, 1.807) is 24.3 Å². The Balaban J connectivity index is 1.16. The van der Waals surface area contributed by atoms with Crippen molar-refractivity contribution in [3.8, 4) is 0 Å². The monoisotopic (exact) mass is 989 g/mol. The average Bonchev–Trinajstić information content (AvgIpc) is 3.63. The number of carboxylic acid groups (broad SMARTS) is 1. The van der Waals surface area contributed by atoms with Crippen LogP contribution in [0.15, 0.2) is 36.4 Å². The number of nitrogens with zero attached hydrogens (tertiary/aromatic N) is 1. The van der Waals surface area contributed by atoms with E-state index in [-0.39, 0.29) is 104 Å². The molecule has 382 valence electrons. The number of nitrogens with one attached hydrogen (secondary N) is 4. The molecule has 1 fully saturated rings. The standard InChI is InChI=1S/C43H64ClN5O19/c1-29(50)48-39-32(51)27-43(42(59)60,68-41(39)40(58)33(52)28-47-36(55)26-30-2-4-31(44)5-3-30)67-25-24-66-21-18-63-15-11-46-35(54)9-13-61-16-19-64-22-23-65-20-17-62-14-10-45-34(53)8-12-49-37(56)6-7-38(49)57/h2-7,32-33,39-41,51-52,58H,8-28H2,1H3,(H,45,53)(H,46,54)(H,47,55)(H,48,50)(H,59,60)/t32-,33+,39+,40+,41+,43+/m0/s1. The van der Waals surface area contributed by atoms with Crippen molar-refractivity contribution in [2.45, 2.75) is 68.9 Å². The lowest BCUT2D eigenvalue weighted by molar-refractivity contribution is -0.312. The van der Waals surface area contributed by atoms with Gasteiger partial charge in [0.05, 0.1) is 111 Å². The third-order valence-corrected chi connectivity index (χ3v) is 10.2. The summed E-state index contributed by atoms with van der Waals surface area (Å²) in [6.45, 7) is 3.51. The van der Waals surface area contributed by atoms with Crippen LogP contribution in [-0.4, -0.2) is 215 Å². The predicted octanol–water partition coefficient (Wildman–Crippen LogP) is -2.79. The minimum atomic E-state index is -2.50. The lowest BCUT2D eigenvalue weighted by Crippen LogP contribution is -2.68. The van der Waals surface area contributed by atoms with Gasteiger partial charge in [-0.15, -0.1) is 0 Å². The first-order valence-corrected chi connectivity index (χ1v) is 22.4. The molecule has 0 radical (unpaired) electrons. The van der Waals surface area contributed by atoms with Crippen molar-refractivity contribution >= 4 is 53.0 Å². The second-order valence-corrected chi connectivity index (χ2v) is 15.6. The maximum absolute atomic E-state index is 12.5. The number of hydrogen-bond acceptors (Lipinski definition) is 18. The molecule has 0 spiro atoms. The van der Waals surface area contributed by atoms with Crippen molar-refractivity contribution in [1.29, 1.82) is 0 Å². The number of imide groups is 1. The molecule has 6 amide bonds. The summed E-state index contributed by atoms with van der Waals surface area (Å²) in [7, 11) is 0. The molecule has 2 heterocycles. The molecule has 1 aromatic carbocycles. The van der Waals surface area contributed by atoms with Crippen LogP contribution in [0, 0.1) is 0 Å². The van der Waals surface area contributed by atoms with Gasteiger partial charge in [-0.3, -0.25) is 33.7 Å². The number of carboxylic acids is 1. The zero-order valence-corrected chi connectivity index (χ0v) is 38.7. The van der Waals surface area contributed by atoms with Crippen molar-refractivity contribution in [2.24, 2.45) is 0 Å². The number of ether oxygens (including phenoxy) is 8. The minimum Gasteiger partial charge on any atom is -0.477 e. The van der Waals surface area contributed by atoms with Gasteiger partial charge in [0.2, 0.25) is 23.6 Å². The summed E-state index contributed by atoms with van der Waals surface area (Å²) in [6.07, 6.45) is -5.14. The average molecular weight is 990 g/mol. The molecule has 24 nitrogen and oxygen atoms in total. The van der Waals surface area contributed by atoms with E-state index < -0.39 is 78.8 Å². The highest BCUT2D eigenvalue weighted by Gasteiger charge is 2.55. The van der Waals surface area contributed by atoms with Crippen molar-refractivity contribution < 1.29 is 91.9 Å². The Hall–Kier alpha value is -4.70. The van der Waals surface area contributed by atoms with E-state index in [2.05, 4.69) is 21.3 Å². The number of rotatable bonds is 36. The van der Waals surface area contributed by atoms with Crippen LogP contribution >= 0.6 is 11.6 Å². The van der Waals surface area contributed by atoms with Gasteiger partial charge in [-0.1, -0.05) is 23.7 Å². The molecule has 0 unspecified atom stereocenters. The van der Waals surface area contributed by atoms with E-state index in [1.165, 1.54) is 12.2 Å². The molecule has 2 aliphatic rings. The highest BCUT2D eigenvalue weighted by atomic mass is 35.5. The lowest BCUT2D eigenvalue weighted by atomic mass is 9.88. The van der Waals surface area contributed by atoms with E-state index in [1.807, 2.05) is 0 Å². The fourth-order valence-electron chi connectivity index (χ4n) is 6.44. The summed E-state index contributed by atoms with van der Waals surface area (Å²) in [6, 6.07) is 5.16. The van der Waals surface area contributed by atoms with Crippen LogP contribution in [0.4, 0.5) is 0 Å². The van der Waals surface area contributed by atoms with Gasteiger partial charge in [-0.05, 0) is 17.7 Å². The van der Waals surface area contributed by atoms with Gasteiger partial charge in [0.15, 0.2) is 0 Å². The van der Waals surface area contributed by atoms with Crippen LogP contribution in [0.25, 0.3) is 0 Å². The third-order valence-electron chi connectivity index (χ3n) is 9.91. The lowest BCUT2D eigenvalue weighted by Gasteiger charge is -2.46. The van der Waals surface area contributed by atoms with Gasteiger partial charge in [-0.25, -0.2) is 4.79 Å². The second-order valence-electron chi connectivity index (χ2n) is 15.2. The fraction of sp³-hybridized carbons (Fsp3) is 0.651. The molecule has 3 rings (SSSR count). The zero-order chi connectivity index (χ0) is 49.7. The SMILES string of the molecule is CC(=O)N[C@H]1[C@H]([C@H](O)[C@H](O)CNC(=O)Cc2ccc(Cl)cc2)O[C@@](OCCOCCOCCNC(=O)CCOCCOCCOCCOCCNC(=O)CCN2C(=O)C=CC2=O)(C(=O)O)C[C@@H]1O. The minimum absolute atomic E-state index is 0.0103. The molecule has 1 aromatic rings. The Morgan fingerprint density at radius 3 is 1.76 bits per heavy atom. The quantitative estimate of drug-likeness (QED) is 0.0249. The summed E-state index contributed by atoms with van der Waals surface area (Å²) >= 11 is 5.88. The molecule has 0 bridgehead atoms. The molecule has 6 atom stereocenters. The zero-order valence-electron chi connectivity index (χ0n) is 37.9. The third kappa shape index (κ3) is 22.2. The van der Waals surface area contributed by atoms with E-state index in [9.17, 15) is 54.0 Å². The van der Waals surface area contributed by atoms with Crippen molar-refractivity contribution in [1.82, 2.24) is 26.2 Å². The van der Waals surface area contributed by atoms with E-state index in [0.717, 1.165) is 11.8 Å². The van der Waals surface area contributed by atoms with Gasteiger partial charge in [-0.2, -0.15) is 0 Å². The summed E-state index contributed by atoms with van der Waals surface area (Å²) in [4.78, 5) is 84.7. The van der Waals surface area contributed by atoms with Crippen LogP contribution in [0.5, 0.6) is 0 Å². The highest BCUT2D eigenvalue weighted by molar-refractivity contribution is 6.30. The van der Waals surface area contributed by atoms with Crippen LogP contribution in [0.1, 0.15) is 31.7 Å². The number of benzene rings is 1. The normalized spacial score (nSPS) is 20.0. The van der Waals surface area contributed by atoms with Gasteiger partial charge in [0, 0.05) is 69.5 Å². The molecule has 1 saturated heterocycles. The number of carbonyl (C=O) groups excluding carboxylic acids is 6. The fourth-order valence-corrected chi connectivity index (χ4v) is 6.57. The van der Waals surface area contributed by atoms with Gasteiger partial charge in [0.25, 0.3) is 17.6 Å². The Labute approximate surface area is 398 Å². The van der Waals surface area contributed by atoms with Gasteiger partial charge < -0.3 is 79.6 Å². The molecule has 0 aromatic heterocycles. The molecule has 2 aliphatic heterocycles. The van der Waals surface area contributed by atoms with Crippen LogP contribution < -0.4 is 21.3 Å². The van der Waals surface area contributed by atoms with Crippen LogP contribution in [0.3, 0.4) is 0 Å². The molecule has 0 saturated carbocycles. The Morgan fingerprint density at radius 1 is 0.735 bits per heavy atom. The second kappa shape index (κ2) is 32.2. The van der Waals surface area contributed by atoms with Gasteiger partial charge in [0.1, 0.15) is 12.2 Å². The Morgan fingerprint density at radius 2 is 1.24 bits per heavy atom. The number of aliphatic hydroxyl groups is 3. The first kappa shape index (κ1) is 57.6. The molecule has 68 heavy (non-hydrogen) atoms.